The number of halogens is 1. The van der Waals surface area contributed by atoms with Crippen LogP contribution in [-0.2, 0) is 14.4 Å². The molecule has 29 heavy (non-hydrogen) atoms. The van der Waals surface area contributed by atoms with Gasteiger partial charge in [0.05, 0.1) is 12.5 Å². The van der Waals surface area contributed by atoms with E-state index in [1.807, 2.05) is 9.80 Å². The van der Waals surface area contributed by atoms with Crippen LogP contribution in [0.4, 0.5) is 0 Å². The number of carbonyl (C=O) groups excluding carboxylic acids is 2. The minimum absolute atomic E-state index is 0. The Morgan fingerprint density at radius 2 is 1.41 bits per heavy atom. The van der Waals surface area contributed by atoms with Gasteiger partial charge in [-0.05, 0) is 37.5 Å². The summed E-state index contributed by atoms with van der Waals surface area (Å²) in [5, 5.41) is 8.93. The van der Waals surface area contributed by atoms with E-state index in [2.05, 4.69) is 4.99 Å². The van der Waals surface area contributed by atoms with E-state index >= 15 is 0 Å². The lowest BCUT2D eigenvalue weighted by molar-refractivity contribution is -0.141. The van der Waals surface area contributed by atoms with Crippen LogP contribution in [0.25, 0.3) is 0 Å². The molecule has 0 aromatic heterocycles. The highest BCUT2D eigenvalue weighted by atomic mass is 35.5. The Balaban J connectivity index is 0.00000420. The van der Waals surface area contributed by atoms with Gasteiger partial charge in [-0.2, -0.15) is 0 Å². The summed E-state index contributed by atoms with van der Waals surface area (Å²) >= 11 is 0. The van der Waals surface area contributed by atoms with Crippen molar-refractivity contribution >= 4 is 36.2 Å². The van der Waals surface area contributed by atoms with Gasteiger partial charge in [0.2, 0.25) is 11.8 Å². The van der Waals surface area contributed by atoms with Crippen LogP contribution in [0.1, 0.15) is 51.9 Å². The van der Waals surface area contributed by atoms with E-state index in [0.29, 0.717) is 25.8 Å². The number of rotatable bonds is 7. The average Bonchev–Trinajstić information content (AvgIpc) is 2.66. The van der Waals surface area contributed by atoms with Gasteiger partial charge in [0.15, 0.2) is 5.96 Å². The SMILES string of the molecule is C[C@@H](CCC(=O)N1CCC2(CCN(C(=O)CCN=C(N)N)CC2)CC1)C(=O)O.Cl. The molecule has 2 rings (SSSR count). The number of carbonyl (C=O) groups is 3. The summed E-state index contributed by atoms with van der Waals surface area (Å²) in [6, 6.07) is 0. The summed E-state index contributed by atoms with van der Waals surface area (Å²) in [7, 11) is 0. The summed E-state index contributed by atoms with van der Waals surface area (Å²) in [4.78, 5) is 43.1. The molecule has 5 N–H and O–H groups in total. The third-order valence-electron chi connectivity index (χ3n) is 6.19. The van der Waals surface area contributed by atoms with Gasteiger partial charge < -0.3 is 26.4 Å². The standard InChI is InChI=1S/C19H33N5O4.ClH/c1-14(17(27)28)2-3-15(25)23-10-5-19(6-11-23)7-12-24(13-8-19)16(26)4-9-22-18(20)21;/h14H,2-13H2,1H3,(H,27,28)(H4,20,21,22);1H/t14-;/m0./s1. The first-order valence-corrected chi connectivity index (χ1v) is 10.1. The van der Waals surface area contributed by atoms with E-state index in [1.165, 1.54) is 0 Å². The van der Waals surface area contributed by atoms with Crippen LogP contribution in [0.15, 0.2) is 4.99 Å². The summed E-state index contributed by atoms with van der Waals surface area (Å²) in [5.74, 6) is -1.21. The van der Waals surface area contributed by atoms with Crippen LogP contribution in [0.5, 0.6) is 0 Å². The van der Waals surface area contributed by atoms with Crippen molar-refractivity contribution < 1.29 is 19.5 Å². The van der Waals surface area contributed by atoms with Crippen LogP contribution in [-0.4, -0.2) is 71.4 Å². The number of amides is 2. The highest BCUT2D eigenvalue weighted by Gasteiger charge is 2.39. The molecule has 0 saturated carbocycles. The number of aliphatic carboxylic acids is 1. The number of hydrogen-bond acceptors (Lipinski definition) is 4. The van der Waals surface area contributed by atoms with Crippen LogP contribution in [0.3, 0.4) is 0 Å². The molecule has 0 aliphatic carbocycles. The first kappa shape index (κ1) is 25.0. The lowest BCUT2D eigenvalue weighted by Gasteiger charge is -2.47. The van der Waals surface area contributed by atoms with Gasteiger partial charge in [-0.15, -0.1) is 12.4 Å². The Kier molecular flexibility index (Phi) is 9.68. The monoisotopic (exact) mass is 431 g/mol. The van der Waals surface area contributed by atoms with E-state index in [4.69, 9.17) is 16.6 Å². The number of guanidine groups is 1. The lowest BCUT2D eigenvalue weighted by atomic mass is 9.71. The van der Waals surface area contributed by atoms with Crippen molar-refractivity contribution in [3.63, 3.8) is 0 Å². The number of aliphatic imine (C=N–C) groups is 1. The highest BCUT2D eigenvalue weighted by Crippen LogP contribution is 2.41. The molecule has 9 nitrogen and oxygen atoms in total. The zero-order valence-corrected chi connectivity index (χ0v) is 18.0. The number of hydrogen-bond donors (Lipinski definition) is 3. The maximum Gasteiger partial charge on any atom is 0.306 e. The van der Waals surface area contributed by atoms with Crippen molar-refractivity contribution in [3.8, 4) is 0 Å². The normalized spacial score (nSPS) is 19.2. The third kappa shape index (κ3) is 7.38. The van der Waals surface area contributed by atoms with Gasteiger partial charge >= 0.3 is 5.97 Å². The van der Waals surface area contributed by atoms with E-state index in [-0.39, 0.29) is 35.6 Å². The molecule has 2 aliphatic heterocycles. The quantitative estimate of drug-likeness (QED) is 0.402. The van der Waals surface area contributed by atoms with Crippen LogP contribution in [0, 0.1) is 11.3 Å². The number of carboxylic acids is 1. The number of piperidine rings is 2. The van der Waals surface area contributed by atoms with Gasteiger partial charge in [-0.25, -0.2) is 0 Å². The number of nitrogens with zero attached hydrogens (tertiary/aromatic N) is 3. The first-order valence-electron chi connectivity index (χ1n) is 10.1. The summed E-state index contributed by atoms with van der Waals surface area (Å²) in [6.45, 7) is 4.88. The van der Waals surface area contributed by atoms with Gasteiger partial charge in [-0.1, -0.05) is 6.92 Å². The Bertz CT molecular complexity index is 606. The second-order valence-corrected chi connectivity index (χ2v) is 8.10. The van der Waals surface area contributed by atoms with Gasteiger partial charge in [0.1, 0.15) is 0 Å². The Labute approximate surface area is 178 Å². The molecular weight excluding hydrogens is 398 g/mol. The van der Waals surface area contributed by atoms with Gasteiger partial charge in [-0.3, -0.25) is 19.4 Å². The second kappa shape index (κ2) is 11.2. The van der Waals surface area contributed by atoms with Gasteiger partial charge in [0.25, 0.3) is 0 Å². The fourth-order valence-corrected chi connectivity index (χ4v) is 4.02. The van der Waals surface area contributed by atoms with Crippen molar-refractivity contribution in [1.29, 1.82) is 0 Å². The minimum atomic E-state index is -0.856. The Hall–Kier alpha value is -2.03. The minimum Gasteiger partial charge on any atom is -0.481 e. The van der Waals surface area contributed by atoms with E-state index in [9.17, 15) is 14.4 Å². The van der Waals surface area contributed by atoms with Crippen LogP contribution >= 0.6 is 12.4 Å². The maximum absolute atomic E-state index is 12.3. The maximum atomic E-state index is 12.3. The molecule has 2 fully saturated rings. The summed E-state index contributed by atoms with van der Waals surface area (Å²) < 4.78 is 0. The third-order valence-corrected chi connectivity index (χ3v) is 6.19. The van der Waals surface area contributed by atoms with E-state index in [0.717, 1.165) is 51.9 Å². The van der Waals surface area contributed by atoms with Crippen molar-refractivity contribution in [2.75, 3.05) is 32.7 Å². The predicted octanol–water partition coefficient (Wildman–Crippen LogP) is 0.804. The molecule has 0 radical (unpaired) electrons. The van der Waals surface area contributed by atoms with Crippen molar-refractivity contribution in [3.05, 3.63) is 0 Å². The smallest absolute Gasteiger partial charge is 0.306 e. The second-order valence-electron chi connectivity index (χ2n) is 8.10. The van der Waals surface area contributed by atoms with E-state index < -0.39 is 11.9 Å². The molecule has 2 heterocycles. The highest BCUT2D eigenvalue weighted by molar-refractivity contribution is 5.85. The van der Waals surface area contributed by atoms with Crippen molar-refractivity contribution in [2.24, 2.45) is 27.8 Å². The van der Waals surface area contributed by atoms with Gasteiger partial charge in [0, 0.05) is 39.0 Å². The molecular formula is C19H34ClN5O4. The fraction of sp³-hybridized carbons (Fsp3) is 0.789. The molecule has 10 heteroatoms. The molecule has 1 atom stereocenters. The molecule has 0 bridgehead atoms. The lowest BCUT2D eigenvalue weighted by Crippen LogP contribution is -2.49. The average molecular weight is 432 g/mol. The summed E-state index contributed by atoms with van der Waals surface area (Å²) in [6.07, 6.45) is 4.80. The zero-order valence-electron chi connectivity index (χ0n) is 17.1. The molecule has 2 aliphatic rings. The van der Waals surface area contributed by atoms with Crippen LogP contribution < -0.4 is 11.5 Å². The molecule has 1 spiro atoms. The van der Waals surface area contributed by atoms with Crippen LogP contribution in [0.2, 0.25) is 0 Å². The van der Waals surface area contributed by atoms with E-state index in [1.54, 1.807) is 6.92 Å². The molecule has 166 valence electrons. The summed E-state index contributed by atoms with van der Waals surface area (Å²) in [5.41, 5.74) is 10.8. The first-order chi connectivity index (χ1) is 13.2. The Morgan fingerprint density at radius 1 is 0.966 bits per heavy atom. The molecule has 2 amide bonds. The van der Waals surface area contributed by atoms with Crippen molar-refractivity contribution in [1.82, 2.24) is 9.80 Å². The fourth-order valence-electron chi connectivity index (χ4n) is 4.02. The number of nitrogens with two attached hydrogens (primary N) is 2. The molecule has 0 aromatic rings. The number of carboxylic acid groups (broad SMARTS) is 1. The topological polar surface area (TPSA) is 142 Å². The largest absolute Gasteiger partial charge is 0.481 e. The Morgan fingerprint density at radius 3 is 1.83 bits per heavy atom. The zero-order chi connectivity index (χ0) is 20.7. The number of likely N-dealkylation sites (tertiary alicyclic amines) is 2. The molecule has 0 unspecified atom stereocenters. The predicted molar refractivity (Wildman–Crippen MR) is 113 cm³/mol. The molecule has 2 saturated heterocycles. The van der Waals surface area contributed by atoms with Crippen molar-refractivity contribution in [2.45, 2.75) is 51.9 Å². The molecule has 0 aromatic carbocycles.